The quantitative estimate of drug-likeness (QED) is 0.772. The number of amides is 1. The minimum Gasteiger partial charge on any atom is -0.341 e. The Hall–Kier alpha value is -0.570. The Labute approximate surface area is 98.6 Å². The van der Waals surface area contributed by atoms with Gasteiger partial charge in [-0.25, -0.2) is 0 Å². The molecule has 92 valence electrons. The molecular weight excluding hydrogens is 200 g/mol. The van der Waals surface area contributed by atoms with Gasteiger partial charge in [-0.05, 0) is 37.6 Å². The number of rotatable bonds is 5. The van der Waals surface area contributed by atoms with E-state index in [1.165, 1.54) is 19.3 Å². The van der Waals surface area contributed by atoms with Crippen LogP contribution in [-0.4, -0.2) is 36.5 Å². The lowest BCUT2D eigenvalue weighted by molar-refractivity contribution is -0.131. The van der Waals surface area contributed by atoms with E-state index in [1.54, 1.807) is 0 Å². The second kappa shape index (κ2) is 4.74. The zero-order valence-electron chi connectivity index (χ0n) is 10.6. The molecule has 2 fully saturated rings. The van der Waals surface area contributed by atoms with Crippen molar-refractivity contribution in [1.29, 1.82) is 0 Å². The minimum absolute atomic E-state index is 0.101. The highest BCUT2D eigenvalue weighted by Gasteiger charge is 2.39. The average molecular weight is 224 g/mol. The zero-order chi connectivity index (χ0) is 11.6. The molecule has 3 nitrogen and oxygen atoms in total. The van der Waals surface area contributed by atoms with Gasteiger partial charge in [0.1, 0.15) is 0 Å². The summed E-state index contributed by atoms with van der Waals surface area (Å²) in [5, 5.41) is 3.34. The number of hydrogen-bond donors (Lipinski definition) is 1. The standard InChI is InChI=1S/C13H24N2O/c1-3-8-14-11-5-9-15(12(11)16)10-13(2)6-4-7-13/h11,14H,3-10H2,1-2H3. The first-order valence-corrected chi connectivity index (χ1v) is 6.67. The van der Waals surface area contributed by atoms with E-state index in [4.69, 9.17) is 0 Å². The highest BCUT2D eigenvalue weighted by molar-refractivity contribution is 5.84. The summed E-state index contributed by atoms with van der Waals surface area (Å²) in [6.45, 7) is 7.35. The molecule has 16 heavy (non-hydrogen) atoms. The summed E-state index contributed by atoms with van der Waals surface area (Å²) in [6.07, 6.45) is 6.03. The maximum absolute atomic E-state index is 12.1. The molecule has 1 aliphatic carbocycles. The van der Waals surface area contributed by atoms with Crippen molar-refractivity contribution < 1.29 is 4.79 Å². The molecule has 1 aliphatic heterocycles. The van der Waals surface area contributed by atoms with Crippen molar-refractivity contribution in [3.63, 3.8) is 0 Å². The third kappa shape index (κ3) is 2.40. The molecular formula is C13H24N2O. The second-order valence-corrected chi connectivity index (χ2v) is 5.72. The lowest BCUT2D eigenvalue weighted by Gasteiger charge is -2.41. The fourth-order valence-electron chi connectivity index (χ4n) is 2.80. The molecule has 1 heterocycles. The van der Waals surface area contributed by atoms with Gasteiger partial charge < -0.3 is 10.2 Å². The molecule has 1 unspecified atom stereocenters. The highest BCUT2D eigenvalue weighted by Crippen LogP contribution is 2.41. The molecule has 0 bridgehead atoms. The molecule has 0 aromatic carbocycles. The van der Waals surface area contributed by atoms with E-state index in [-0.39, 0.29) is 6.04 Å². The van der Waals surface area contributed by atoms with E-state index in [0.29, 0.717) is 11.3 Å². The van der Waals surface area contributed by atoms with Gasteiger partial charge in [0, 0.05) is 13.1 Å². The van der Waals surface area contributed by atoms with Gasteiger partial charge in [0.15, 0.2) is 0 Å². The summed E-state index contributed by atoms with van der Waals surface area (Å²) in [4.78, 5) is 14.2. The monoisotopic (exact) mass is 224 g/mol. The van der Waals surface area contributed by atoms with Crippen LogP contribution in [0, 0.1) is 5.41 Å². The van der Waals surface area contributed by atoms with Gasteiger partial charge in [0.25, 0.3) is 0 Å². The van der Waals surface area contributed by atoms with Crippen molar-refractivity contribution in [2.45, 2.75) is 52.0 Å². The van der Waals surface area contributed by atoms with Crippen molar-refractivity contribution in [3.8, 4) is 0 Å². The van der Waals surface area contributed by atoms with E-state index in [1.807, 2.05) is 0 Å². The highest BCUT2D eigenvalue weighted by atomic mass is 16.2. The summed E-state index contributed by atoms with van der Waals surface area (Å²) < 4.78 is 0. The fourth-order valence-corrected chi connectivity index (χ4v) is 2.80. The van der Waals surface area contributed by atoms with Gasteiger partial charge in [-0.1, -0.05) is 20.3 Å². The zero-order valence-corrected chi connectivity index (χ0v) is 10.6. The van der Waals surface area contributed by atoms with Crippen molar-refractivity contribution in [3.05, 3.63) is 0 Å². The molecule has 3 heteroatoms. The molecule has 0 aromatic rings. The first-order chi connectivity index (χ1) is 7.64. The maximum Gasteiger partial charge on any atom is 0.239 e. The molecule has 1 amide bonds. The largest absolute Gasteiger partial charge is 0.341 e. The van der Waals surface area contributed by atoms with Crippen molar-refractivity contribution in [1.82, 2.24) is 10.2 Å². The molecule has 0 spiro atoms. The number of carbonyl (C=O) groups is 1. The van der Waals surface area contributed by atoms with Crippen LogP contribution in [0.25, 0.3) is 0 Å². The Kier molecular flexibility index (Phi) is 3.53. The molecule has 0 radical (unpaired) electrons. The average Bonchev–Trinajstić information content (AvgIpc) is 2.56. The number of hydrogen-bond acceptors (Lipinski definition) is 2. The molecule has 1 saturated heterocycles. The Morgan fingerprint density at radius 2 is 2.25 bits per heavy atom. The van der Waals surface area contributed by atoms with Crippen LogP contribution in [0.2, 0.25) is 0 Å². The number of likely N-dealkylation sites (tertiary alicyclic amines) is 1. The van der Waals surface area contributed by atoms with Crippen LogP contribution in [0.3, 0.4) is 0 Å². The van der Waals surface area contributed by atoms with Crippen LogP contribution in [-0.2, 0) is 4.79 Å². The van der Waals surface area contributed by atoms with Crippen LogP contribution in [0.15, 0.2) is 0 Å². The molecule has 2 rings (SSSR count). The molecule has 2 aliphatic rings. The van der Waals surface area contributed by atoms with Crippen LogP contribution in [0.5, 0.6) is 0 Å². The normalized spacial score (nSPS) is 28.2. The Balaban J connectivity index is 1.82. The summed E-state index contributed by atoms with van der Waals surface area (Å²) >= 11 is 0. The SMILES string of the molecule is CCCNC1CCN(CC2(C)CCC2)C1=O. The number of nitrogens with zero attached hydrogens (tertiary/aromatic N) is 1. The van der Waals surface area contributed by atoms with Crippen LogP contribution < -0.4 is 5.32 Å². The van der Waals surface area contributed by atoms with Gasteiger partial charge in [0.2, 0.25) is 5.91 Å². The topological polar surface area (TPSA) is 32.3 Å². The maximum atomic E-state index is 12.1. The minimum atomic E-state index is 0.101. The lowest BCUT2D eigenvalue weighted by atomic mass is 9.70. The summed E-state index contributed by atoms with van der Waals surface area (Å²) in [5.41, 5.74) is 0.426. The summed E-state index contributed by atoms with van der Waals surface area (Å²) in [5.74, 6) is 0.335. The van der Waals surface area contributed by atoms with Gasteiger partial charge in [-0.15, -0.1) is 0 Å². The van der Waals surface area contributed by atoms with E-state index in [9.17, 15) is 4.79 Å². The van der Waals surface area contributed by atoms with E-state index in [0.717, 1.165) is 32.5 Å². The molecule has 1 atom stereocenters. The molecule has 0 aromatic heterocycles. The van der Waals surface area contributed by atoms with Gasteiger partial charge in [0.05, 0.1) is 6.04 Å². The smallest absolute Gasteiger partial charge is 0.239 e. The van der Waals surface area contributed by atoms with E-state index in [2.05, 4.69) is 24.1 Å². The summed E-state index contributed by atoms with van der Waals surface area (Å²) in [7, 11) is 0. The van der Waals surface area contributed by atoms with Gasteiger partial charge in [-0.2, -0.15) is 0 Å². The Morgan fingerprint density at radius 1 is 1.50 bits per heavy atom. The molecule has 1 N–H and O–H groups in total. The Morgan fingerprint density at radius 3 is 2.81 bits per heavy atom. The number of nitrogens with one attached hydrogen (secondary N) is 1. The molecule has 1 saturated carbocycles. The number of carbonyl (C=O) groups excluding carboxylic acids is 1. The van der Waals surface area contributed by atoms with E-state index >= 15 is 0 Å². The Bertz CT molecular complexity index is 261. The predicted octanol–water partition coefficient (Wildman–Crippen LogP) is 1.78. The third-order valence-electron chi connectivity index (χ3n) is 4.07. The fraction of sp³-hybridized carbons (Fsp3) is 0.923. The van der Waals surface area contributed by atoms with E-state index < -0.39 is 0 Å². The third-order valence-corrected chi connectivity index (χ3v) is 4.07. The van der Waals surface area contributed by atoms with Crippen LogP contribution in [0.4, 0.5) is 0 Å². The first-order valence-electron chi connectivity index (χ1n) is 6.67. The predicted molar refractivity (Wildman–Crippen MR) is 65.2 cm³/mol. The van der Waals surface area contributed by atoms with Crippen LogP contribution >= 0.6 is 0 Å². The van der Waals surface area contributed by atoms with Crippen molar-refractivity contribution in [2.75, 3.05) is 19.6 Å². The lowest BCUT2D eigenvalue weighted by Crippen LogP contribution is -2.44. The van der Waals surface area contributed by atoms with Crippen LogP contribution in [0.1, 0.15) is 46.0 Å². The van der Waals surface area contributed by atoms with Gasteiger partial charge >= 0.3 is 0 Å². The van der Waals surface area contributed by atoms with Gasteiger partial charge in [-0.3, -0.25) is 4.79 Å². The second-order valence-electron chi connectivity index (χ2n) is 5.72. The van der Waals surface area contributed by atoms with Crippen molar-refractivity contribution >= 4 is 5.91 Å². The summed E-state index contributed by atoms with van der Waals surface area (Å²) in [6, 6.07) is 0.101. The van der Waals surface area contributed by atoms with Crippen molar-refractivity contribution in [2.24, 2.45) is 5.41 Å². The first kappa shape index (κ1) is 11.9.